The summed E-state index contributed by atoms with van der Waals surface area (Å²) in [6.07, 6.45) is -0.560. The number of carbonyl (C=O) groups is 1. The van der Waals surface area contributed by atoms with Crippen LogP contribution in [-0.4, -0.2) is 37.6 Å². The lowest BCUT2D eigenvalue weighted by Crippen LogP contribution is -2.42. The maximum absolute atomic E-state index is 12.2. The molecule has 0 aliphatic rings. The van der Waals surface area contributed by atoms with Crippen LogP contribution in [0.3, 0.4) is 0 Å². The summed E-state index contributed by atoms with van der Waals surface area (Å²) >= 11 is 0. The first-order chi connectivity index (χ1) is 8.11. The van der Waals surface area contributed by atoms with Crippen LogP contribution in [0.4, 0.5) is 0 Å². The van der Waals surface area contributed by atoms with E-state index in [9.17, 15) is 4.79 Å². The molecule has 0 aliphatic carbocycles. The van der Waals surface area contributed by atoms with Crippen LogP contribution in [0.5, 0.6) is 0 Å². The number of hydrogen-bond acceptors (Lipinski definition) is 3. The Labute approximate surface area is 115 Å². The molecule has 5 heteroatoms. The summed E-state index contributed by atoms with van der Waals surface area (Å²) in [6, 6.07) is 9.46. The number of carbonyl (C=O) groups excluding carboxylic acids is 1. The van der Waals surface area contributed by atoms with E-state index in [0.717, 1.165) is 5.56 Å². The van der Waals surface area contributed by atoms with E-state index in [1.165, 1.54) is 7.11 Å². The number of rotatable bonds is 5. The second-order valence-corrected chi connectivity index (χ2v) is 4.06. The lowest BCUT2D eigenvalue weighted by atomic mass is 10.1. The number of nitrogens with zero attached hydrogens (tertiary/aromatic N) is 1. The van der Waals surface area contributed by atoms with Crippen LogP contribution < -0.4 is 5.73 Å². The van der Waals surface area contributed by atoms with Crippen LogP contribution in [0.1, 0.15) is 18.6 Å². The molecule has 0 fully saturated rings. The molecule has 1 rings (SSSR count). The summed E-state index contributed by atoms with van der Waals surface area (Å²) in [4.78, 5) is 13.8. The standard InChI is InChI=1S/C13H20N2O2.ClH/c1-10(9-14)15(2)13(16)12(17-3)11-7-5-4-6-8-11;/h4-8,10,12H,9,14H2,1-3H3;1H. The van der Waals surface area contributed by atoms with Crippen molar-refractivity contribution < 1.29 is 9.53 Å². The van der Waals surface area contributed by atoms with Crippen molar-refractivity contribution in [3.63, 3.8) is 0 Å². The van der Waals surface area contributed by atoms with Crippen LogP contribution in [0.15, 0.2) is 30.3 Å². The average molecular weight is 273 g/mol. The van der Waals surface area contributed by atoms with Crippen molar-refractivity contribution in [3.8, 4) is 0 Å². The summed E-state index contributed by atoms with van der Waals surface area (Å²) < 4.78 is 5.28. The van der Waals surface area contributed by atoms with Gasteiger partial charge in [-0.3, -0.25) is 4.79 Å². The molecule has 0 aromatic heterocycles. The van der Waals surface area contributed by atoms with Crippen LogP contribution >= 0.6 is 12.4 Å². The smallest absolute Gasteiger partial charge is 0.256 e. The number of benzene rings is 1. The van der Waals surface area contributed by atoms with Gasteiger partial charge in [-0.15, -0.1) is 12.4 Å². The van der Waals surface area contributed by atoms with Crippen molar-refractivity contribution >= 4 is 18.3 Å². The van der Waals surface area contributed by atoms with Gasteiger partial charge in [-0.05, 0) is 12.5 Å². The number of ether oxygens (including phenoxy) is 1. The third-order valence-electron chi connectivity index (χ3n) is 2.91. The van der Waals surface area contributed by atoms with E-state index in [4.69, 9.17) is 10.5 Å². The fraction of sp³-hybridized carbons (Fsp3) is 0.462. The molecule has 0 saturated heterocycles. The average Bonchev–Trinajstić information content (AvgIpc) is 2.38. The summed E-state index contributed by atoms with van der Waals surface area (Å²) in [7, 11) is 3.28. The molecule has 1 aromatic rings. The molecule has 0 aliphatic heterocycles. The van der Waals surface area contributed by atoms with Crippen LogP contribution in [-0.2, 0) is 9.53 Å². The summed E-state index contributed by atoms with van der Waals surface area (Å²) in [5.74, 6) is -0.0725. The number of likely N-dealkylation sites (N-methyl/N-ethyl adjacent to an activating group) is 1. The maximum Gasteiger partial charge on any atom is 0.256 e. The van der Waals surface area contributed by atoms with Gasteiger partial charge >= 0.3 is 0 Å². The van der Waals surface area contributed by atoms with E-state index in [2.05, 4.69) is 0 Å². The predicted molar refractivity (Wildman–Crippen MR) is 74.7 cm³/mol. The Kier molecular flexibility index (Phi) is 7.59. The molecule has 2 N–H and O–H groups in total. The van der Waals surface area contributed by atoms with Gasteiger partial charge in [0.05, 0.1) is 0 Å². The van der Waals surface area contributed by atoms with Gasteiger partial charge < -0.3 is 15.4 Å². The zero-order chi connectivity index (χ0) is 12.8. The summed E-state index contributed by atoms with van der Waals surface area (Å²) in [5.41, 5.74) is 6.41. The molecule has 0 heterocycles. The largest absolute Gasteiger partial charge is 0.367 e. The quantitative estimate of drug-likeness (QED) is 0.886. The maximum atomic E-state index is 12.2. The van der Waals surface area contributed by atoms with Gasteiger partial charge in [-0.25, -0.2) is 0 Å². The molecular weight excluding hydrogens is 252 g/mol. The van der Waals surface area contributed by atoms with Crippen LogP contribution in [0.25, 0.3) is 0 Å². The minimum atomic E-state index is -0.560. The number of amides is 1. The molecule has 1 amide bonds. The predicted octanol–water partition coefficient (Wildman–Crippen LogP) is 1.60. The number of methoxy groups -OCH3 is 1. The molecule has 0 saturated carbocycles. The highest BCUT2D eigenvalue weighted by Gasteiger charge is 2.25. The molecule has 2 atom stereocenters. The zero-order valence-corrected chi connectivity index (χ0v) is 11.8. The monoisotopic (exact) mass is 272 g/mol. The molecule has 18 heavy (non-hydrogen) atoms. The van der Waals surface area contributed by atoms with Gasteiger partial charge in [0.2, 0.25) is 0 Å². The second-order valence-electron chi connectivity index (χ2n) is 4.06. The minimum absolute atomic E-state index is 0. The molecule has 102 valence electrons. The topological polar surface area (TPSA) is 55.6 Å². The van der Waals surface area contributed by atoms with E-state index in [1.54, 1.807) is 11.9 Å². The Bertz CT molecular complexity index is 359. The highest BCUT2D eigenvalue weighted by Crippen LogP contribution is 2.19. The Morgan fingerprint density at radius 1 is 1.39 bits per heavy atom. The van der Waals surface area contributed by atoms with Crippen molar-refractivity contribution in [1.82, 2.24) is 4.90 Å². The van der Waals surface area contributed by atoms with Gasteiger partial charge in [0.1, 0.15) is 0 Å². The van der Waals surface area contributed by atoms with Crippen molar-refractivity contribution in [2.45, 2.75) is 19.1 Å². The first-order valence-electron chi connectivity index (χ1n) is 5.66. The number of hydrogen-bond donors (Lipinski definition) is 1. The third-order valence-corrected chi connectivity index (χ3v) is 2.91. The molecule has 0 radical (unpaired) electrons. The highest BCUT2D eigenvalue weighted by molar-refractivity contribution is 5.85. The molecule has 2 unspecified atom stereocenters. The van der Waals surface area contributed by atoms with E-state index in [1.807, 2.05) is 37.3 Å². The van der Waals surface area contributed by atoms with Crippen molar-refractivity contribution in [2.75, 3.05) is 20.7 Å². The molecule has 4 nitrogen and oxygen atoms in total. The molecule has 0 bridgehead atoms. The van der Waals surface area contributed by atoms with E-state index >= 15 is 0 Å². The van der Waals surface area contributed by atoms with Crippen molar-refractivity contribution in [1.29, 1.82) is 0 Å². The second kappa shape index (κ2) is 8.08. The lowest BCUT2D eigenvalue weighted by molar-refractivity contribution is -0.142. The third kappa shape index (κ3) is 3.98. The van der Waals surface area contributed by atoms with Crippen molar-refractivity contribution in [3.05, 3.63) is 35.9 Å². The molecule has 0 spiro atoms. The van der Waals surface area contributed by atoms with Crippen molar-refractivity contribution in [2.24, 2.45) is 5.73 Å². The molecular formula is C13H21ClN2O2. The molecule has 1 aromatic carbocycles. The van der Waals surface area contributed by atoms with E-state index in [0.29, 0.717) is 6.54 Å². The van der Waals surface area contributed by atoms with Gasteiger partial charge in [-0.1, -0.05) is 30.3 Å². The Morgan fingerprint density at radius 3 is 2.39 bits per heavy atom. The van der Waals surface area contributed by atoms with Crippen LogP contribution in [0.2, 0.25) is 0 Å². The Balaban J connectivity index is 0.00000289. The summed E-state index contributed by atoms with van der Waals surface area (Å²) in [6.45, 7) is 2.35. The normalized spacial score (nSPS) is 13.3. The number of halogens is 1. The highest BCUT2D eigenvalue weighted by atomic mass is 35.5. The summed E-state index contributed by atoms with van der Waals surface area (Å²) in [5, 5.41) is 0. The Morgan fingerprint density at radius 2 is 1.94 bits per heavy atom. The van der Waals surface area contributed by atoms with Crippen LogP contribution in [0, 0.1) is 0 Å². The first kappa shape index (κ1) is 16.9. The SMILES string of the molecule is COC(C(=O)N(C)C(C)CN)c1ccccc1.Cl. The van der Waals surface area contributed by atoms with E-state index in [-0.39, 0.29) is 24.4 Å². The lowest BCUT2D eigenvalue weighted by Gasteiger charge is -2.27. The number of nitrogens with two attached hydrogens (primary N) is 1. The van der Waals surface area contributed by atoms with Gasteiger partial charge in [0.25, 0.3) is 5.91 Å². The first-order valence-corrected chi connectivity index (χ1v) is 5.66. The fourth-order valence-electron chi connectivity index (χ4n) is 1.57. The van der Waals surface area contributed by atoms with Gasteiger partial charge in [0.15, 0.2) is 6.10 Å². The zero-order valence-electron chi connectivity index (χ0n) is 11.0. The van der Waals surface area contributed by atoms with E-state index < -0.39 is 6.10 Å². The van der Waals surface area contributed by atoms with Gasteiger partial charge in [0, 0.05) is 26.7 Å². The minimum Gasteiger partial charge on any atom is -0.367 e. The van der Waals surface area contributed by atoms with Gasteiger partial charge in [-0.2, -0.15) is 0 Å². The Hall–Kier alpha value is -1.10. The fourth-order valence-corrected chi connectivity index (χ4v) is 1.57.